The maximum atomic E-state index is 13.7. The molecule has 0 aliphatic rings. The molecule has 0 heterocycles. The van der Waals surface area contributed by atoms with Crippen LogP contribution in [-0.2, 0) is 11.2 Å². The molecule has 2 aromatic rings. The fraction of sp³-hybridized carbons (Fsp3) is 0.133. The highest BCUT2D eigenvalue weighted by molar-refractivity contribution is 6.31. The summed E-state index contributed by atoms with van der Waals surface area (Å²) in [5.41, 5.74) is 1.18. The Hall–Kier alpha value is -1.96. The number of aliphatic imine (C=N–C) groups is 1. The van der Waals surface area contributed by atoms with Crippen molar-refractivity contribution in [3.05, 3.63) is 70.5 Å². The van der Waals surface area contributed by atoms with E-state index in [-0.39, 0.29) is 6.42 Å². The largest absolute Gasteiger partial charge is 0.235 e. The third kappa shape index (κ3) is 3.28. The molecule has 1 unspecified atom stereocenters. The average molecular weight is 276 g/mol. The number of carbonyl (C=O) groups excluding carboxylic acids is 1. The van der Waals surface area contributed by atoms with E-state index in [1.165, 1.54) is 12.1 Å². The van der Waals surface area contributed by atoms with Gasteiger partial charge in [-0.2, -0.15) is 4.99 Å². The van der Waals surface area contributed by atoms with Crippen LogP contribution in [0.5, 0.6) is 0 Å². The average Bonchev–Trinajstić information content (AvgIpc) is 2.43. The van der Waals surface area contributed by atoms with Crippen LogP contribution >= 0.6 is 11.6 Å². The highest BCUT2D eigenvalue weighted by Gasteiger charge is 2.15. The van der Waals surface area contributed by atoms with Gasteiger partial charge in [0.25, 0.3) is 0 Å². The molecule has 0 saturated heterocycles. The van der Waals surface area contributed by atoms with Crippen LogP contribution in [0.25, 0.3) is 0 Å². The van der Waals surface area contributed by atoms with E-state index < -0.39 is 11.9 Å². The molecule has 0 aromatic heterocycles. The lowest BCUT2D eigenvalue weighted by Gasteiger charge is -2.12. The van der Waals surface area contributed by atoms with Gasteiger partial charge in [-0.1, -0.05) is 48.0 Å². The predicted molar refractivity (Wildman–Crippen MR) is 72.4 cm³/mol. The van der Waals surface area contributed by atoms with Crippen molar-refractivity contribution in [3.63, 3.8) is 0 Å². The van der Waals surface area contributed by atoms with Crippen molar-refractivity contribution in [3.8, 4) is 0 Å². The van der Waals surface area contributed by atoms with Gasteiger partial charge in [-0.15, -0.1) is 0 Å². The Morgan fingerprint density at radius 1 is 1.16 bits per heavy atom. The molecule has 19 heavy (non-hydrogen) atoms. The second-order valence-electron chi connectivity index (χ2n) is 4.05. The van der Waals surface area contributed by atoms with Gasteiger partial charge in [0.15, 0.2) is 0 Å². The van der Waals surface area contributed by atoms with Crippen molar-refractivity contribution in [1.29, 1.82) is 0 Å². The van der Waals surface area contributed by atoms with E-state index in [1.807, 2.05) is 30.3 Å². The molecule has 0 radical (unpaired) electrons. The van der Waals surface area contributed by atoms with E-state index >= 15 is 0 Å². The summed E-state index contributed by atoms with van der Waals surface area (Å²) in [5.74, 6) is -0.394. The van der Waals surface area contributed by atoms with Gasteiger partial charge in [0.2, 0.25) is 6.08 Å². The highest BCUT2D eigenvalue weighted by Crippen LogP contribution is 2.27. The number of nitrogens with zero attached hydrogens (tertiary/aromatic N) is 1. The summed E-state index contributed by atoms with van der Waals surface area (Å²) in [7, 11) is 0. The monoisotopic (exact) mass is 275 g/mol. The molecule has 0 amide bonds. The van der Waals surface area contributed by atoms with Gasteiger partial charge in [0.05, 0.1) is 6.04 Å². The first-order valence-electron chi connectivity index (χ1n) is 5.77. The predicted octanol–water partition coefficient (Wildman–Crippen LogP) is 4.10. The fourth-order valence-corrected chi connectivity index (χ4v) is 2.14. The minimum atomic E-state index is -0.479. The number of isocyanates is 1. The van der Waals surface area contributed by atoms with E-state index in [0.717, 1.165) is 5.56 Å². The standard InChI is InChI=1S/C15H11ClFNO/c16-13-7-4-8-14(17)12(13)9-15(18-10-19)11-5-2-1-3-6-11/h1-8,15H,9H2. The van der Waals surface area contributed by atoms with Crippen LogP contribution in [0, 0.1) is 5.82 Å². The zero-order chi connectivity index (χ0) is 13.7. The molecule has 96 valence electrons. The molecular formula is C15H11ClFNO. The minimum Gasteiger partial charge on any atom is -0.211 e. The third-order valence-corrected chi connectivity index (χ3v) is 3.21. The Labute approximate surface area is 115 Å². The third-order valence-electron chi connectivity index (χ3n) is 2.85. The first kappa shape index (κ1) is 13.5. The van der Waals surface area contributed by atoms with Crippen LogP contribution < -0.4 is 0 Å². The molecular weight excluding hydrogens is 265 g/mol. The Morgan fingerprint density at radius 2 is 1.89 bits per heavy atom. The van der Waals surface area contributed by atoms with E-state index in [9.17, 15) is 9.18 Å². The maximum Gasteiger partial charge on any atom is 0.235 e. The number of hydrogen-bond acceptors (Lipinski definition) is 2. The van der Waals surface area contributed by atoms with Crippen LogP contribution in [0.1, 0.15) is 17.2 Å². The first-order chi connectivity index (χ1) is 9.22. The van der Waals surface area contributed by atoms with Crippen molar-refractivity contribution in [2.75, 3.05) is 0 Å². The SMILES string of the molecule is O=C=NC(Cc1c(F)cccc1Cl)c1ccccc1. The summed E-state index contributed by atoms with van der Waals surface area (Å²) in [5, 5.41) is 0.335. The van der Waals surface area contributed by atoms with Crippen LogP contribution in [0.15, 0.2) is 53.5 Å². The molecule has 2 nitrogen and oxygen atoms in total. The normalized spacial score (nSPS) is 11.7. The maximum absolute atomic E-state index is 13.7. The molecule has 2 rings (SSSR count). The second kappa shape index (κ2) is 6.28. The molecule has 0 bridgehead atoms. The van der Waals surface area contributed by atoms with Crippen molar-refractivity contribution >= 4 is 17.7 Å². The Morgan fingerprint density at radius 3 is 2.53 bits per heavy atom. The molecule has 2 aromatic carbocycles. The van der Waals surface area contributed by atoms with E-state index in [2.05, 4.69) is 4.99 Å². The summed E-state index contributed by atoms with van der Waals surface area (Å²) in [6, 6.07) is 13.2. The lowest BCUT2D eigenvalue weighted by atomic mass is 9.99. The molecule has 0 saturated carbocycles. The number of rotatable bonds is 4. The smallest absolute Gasteiger partial charge is 0.211 e. The number of benzene rings is 2. The van der Waals surface area contributed by atoms with Crippen molar-refractivity contribution in [1.82, 2.24) is 0 Å². The summed E-state index contributed by atoms with van der Waals surface area (Å²) in [4.78, 5) is 14.3. The van der Waals surface area contributed by atoms with Gasteiger partial charge >= 0.3 is 0 Å². The Kier molecular flexibility index (Phi) is 4.45. The zero-order valence-corrected chi connectivity index (χ0v) is 10.8. The molecule has 4 heteroatoms. The van der Waals surface area contributed by atoms with Gasteiger partial charge in [0.1, 0.15) is 5.82 Å². The first-order valence-corrected chi connectivity index (χ1v) is 6.15. The van der Waals surface area contributed by atoms with E-state index in [0.29, 0.717) is 10.6 Å². The van der Waals surface area contributed by atoms with Gasteiger partial charge in [-0.3, -0.25) is 0 Å². The molecule has 0 fully saturated rings. The van der Waals surface area contributed by atoms with Crippen LogP contribution in [0.2, 0.25) is 5.02 Å². The molecule has 0 N–H and O–H groups in total. The molecule has 0 aliphatic heterocycles. The van der Waals surface area contributed by atoms with Crippen LogP contribution in [0.4, 0.5) is 4.39 Å². The highest BCUT2D eigenvalue weighted by atomic mass is 35.5. The van der Waals surface area contributed by atoms with Gasteiger partial charge < -0.3 is 0 Å². The number of hydrogen-bond donors (Lipinski definition) is 0. The second-order valence-corrected chi connectivity index (χ2v) is 4.46. The summed E-state index contributed by atoms with van der Waals surface area (Å²) < 4.78 is 13.7. The van der Waals surface area contributed by atoms with Gasteiger partial charge in [0, 0.05) is 17.0 Å². The van der Waals surface area contributed by atoms with Crippen molar-refractivity contribution < 1.29 is 9.18 Å². The van der Waals surface area contributed by atoms with E-state index in [4.69, 9.17) is 11.6 Å². The lowest BCUT2D eigenvalue weighted by molar-refractivity contribution is 0.553. The summed E-state index contributed by atoms with van der Waals surface area (Å²) >= 11 is 5.98. The van der Waals surface area contributed by atoms with Crippen molar-refractivity contribution in [2.45, 2.75) is 12.5 Å². The lowest BCUT2D eigenvalue weighted by Crippen LogP contribution is -2.03. The quantitative estimate of drug-likeness (QED) is 0.610. The summed E-state index contributed by atoms with van der Waals surface area (Å²) in [6.07, 6.45) is 1.76. The molecule has 0 spiro atoms. The molecule has 1 atom stereocenters. The van der Waals surface area contributed by atoms with Crippen molar-refractivity contribution in [2.24, 2.45) is 4.99 Å². The fourth-order valence-electron chi connectivity index (χ4n) is 1.90. The van der Waals surface area contributed by atoms with Gasteiger partial charge in [-0.05, 0) is 17.7 Å². The topological polar surface area (TPSA) is 29.4 Å². The Bertz CT molecular complexity index is 589. The van der Waals surface area contributed by atoms with Crippen LogP contribution in [0.3, 0.4) is 0 Å². The van der Waals surface area contributed by atoms with Crippen LogP contribution in [-0.4, -0.2) is 6.08 Å². The Balaban J connectivity index is 2.35. The van der Waals surface area contributed by atoms with E-state index in [1.54, 1.807) is 12.1 Å². The summed E-state index contributed by atoms with van der Waals surface area (Å²) in [6.45, 7) is 0. The van der Waals surface area contributed by atoms with Gasteiger partial charge in [-0.25, -0.2) is 9.18 Å². The molecule has 0 aliphatic carbocycles. The minimum absolute atomic E-state index is 0.227. The zero-order valence-electron chi connectivity index (χ0n) is 10.0. The number of halogens is 2.